The zero-order valence-corrected chi connectivity index (χ0v) is 19.3. The lowest BCUT2D eigenvalue weighted by Gasteiger charge is -2.28. The zero-order valence-electron chi connectivity index (χ0n) is 19.3. The van der Waals surface area contributed by atoms with Crippen LogP contribution in [0.2, 0.25) is 0 Å². The Balaban J connectivity index is 1.55. The predicted octanol–water partition coefficient (Wildman–Crippen LogP) is 5.16. The van der Waals surface area contributed by atoms with E-state index in [-0.39, 0.29) is 0 Å². The molecule has 1 saturated heterocycles. The van der Waals surface area contributed by atoms with Crippen LogP contribution in [0.5, 0.6) is 5.75 Å². The van der Waals surface area contributed by atoms with Gasteiger partial charge in [0, 0.05) is 31.5 Å². The smallest absolute Gasteiger partial charge is 0.231 e. The van der Waals surface area contributed by atoms with E-state index >= 15 is 0 Å². The maximum Gasteiger partial charge on any atom is 0.231 e. The summed E-state index contributed by atoms with van der Waals surface area (Å²) in [6.07, 6.45) is 3.58. The average Bonchev–Trinajstić information content (AvgIpc) is 3.15. The molecule has 2 aromatic carbocycles. The highest BCUT2D eigenvalue weighted by Gasteiger charge is 2.22. The van der Waals surface area contributed by atoms with Gasteiger partial charge in [-0.3, -0.25) is 4.57 Å². The number of ether oxygens (including phenoxy) is 1. The fourth-order valence-corrected chi connectivity index (χ4v) is 4.20. The van der Waals surface area contributed by atoms with Crippen molar-refractivity contribution in [2.45, 2.75) is 26.2 Å². The fourth-order valence-electron chi connectivity index (χ4n) is 4.20. The van der Waals surface area contributed by atoms with Crippen LogP contribution in [-0.4, -0.2) is 39.7 Å². The first-order valence-corrected chi connectivity index (χ1v) is 11.3. The molecule has 3 heterocycles. The van der Waals surface area contributed by atoms with Crippen molar-refractivity contribution >= 4 is 40.3 Å². The third-order valence-corrected chi connectivity index (χ3v) is 5.98. The Bertz CT molecular complexity index is 1260. The number of fused-ring (bicyclic) bond motifs is 1. The van der Waals surface area contributed by atoms with Crippen LogP contribution >= 0.6 is 0 Å². The second-order valence-corrected chi connectivity index (χ2v) is 8.43. The Morgan fingerprint density at radius 2 is 1.67 bits per heavy atom. The summed E-state index contributed by atoms with van der Waals surface area (Å²) in [5.74, 6) is 2.98. The summed E-state index contributed by atoms with van der Waals surface area (Å²) >= 11 is 0. The minimum Gasteiger partial charge on any atom is -0.497 e. The fraction of sp³-hybridized carbons (Fsp3) is 0.320. The second-order valence-electron chi connectivity index (χ2n) is 8.43. The molecule has 0 unspecified atom stereocenters. The lowest BCUT2D eigenvalue weighted by atomic mass is 10.1. The number of benzene rings is 2. The van der Waals surface area contributed by atoms with Gasteiger partial charge in [-0.1, -0.05) is 12.1 Å². The van der Waals surface area contributed by atoms with Crippen molar-refractivity contribution in [3.63, 3.8) is 0 Å². The van der Waals surface area contributed by atoms with Crippen molar-refractivity contribution < 1.29 is 4.74 Å². The maximum absolute atomic E-state index is 5.27. The van der Waals surface area contributed by atoms with E-state index in [4.69, 9.17) is 19.7 Å². The van der Waals surface area contributed by atoms with Gasteiger partial charge in [0.25, 0.3) is 0 Å². The van der Waals surface area contributed by atoms with Gasteiger partial charge in [-0.15, -0.1) is 0 Å². The number of nitrogens with one attached hydrogen (secondary N) is 2. The molecule has 0 bridgehead atoms. The summed E-state index contributed by atoms with van der Waals surface area (Å²) in [6.45, 7) is 4.04. The van der Waals surface area contributed by atoms with E-state index in [9.17, 15) is 0 Å². The van der Waals surface area contributed by atoms with Crippen molar-refractivity contribution in [2.75, 3.05) is 35.7 Å². The van der Waals surface area contributed by atoms with Crippen LogP contribution in [0.15, 0.2) is 48.5 Å². The van der Waals surface area contributed by atoms with Gasteiger partial charge in [0.15, 0.2) is 17.0 Å². The minimum atomic E-state index is 0.554. The number of imidazole rings is 1. The SMILES string of the molecule is COc1ccc(Nc2nc(N3CCCCC3)c3nc(Nc4cccc(C)c4)n(C)c3n2)cc1. The van der Waals surface area contributed by atoms with Gasteiger partial charge in [0.05, 0.1) is 7.11 Å². The zero-order chi connectivity index (χ0) is 22.8. The van der Waals surface area contributed by atoms with E-state index in [0.29, 0.717) is 5.95 Å². The number of methoxy groups -OCH3 is 1. The Labute approximate surface area is 193 Å². The minimum absolute atomic E-state index is 0.554. The third-order valence-electron chi connectivity index (χ3n) is 5.98. The molecule has 2 N–H and O–H groups in total. The first kappa shape index (κ1) is 21.1. The Kier molecular flexibility index (Phi) is 5.73. The molecule has 1 aliphatic heterocycles. The molecule has 33 heavy (non-hydrogen) atoms. The number of anilines is 5. The van der Waals surface area contributed by atoms with Crippen molar-refractivity contribution in [1.29, 1.82) is 0 Å². The number of piperidine rings is 1. The van der Waals surface area contributed by atoms with Crippen LogP contribution in [0.25, 0.3) is 11.2 Å². The molecule has 170 valence electrons. The quantitative estimate of drug-likeness (QED) is 0.426. The van der Waals surface area contributed by atoms with Gasteiger partial charge in [-0.2, -0.15) is 9.97 Å². The molecule has 2 aromatic heterocycles. The van der Waals surface area contributed by atoms with E-state index in [1.807, 2.05) is 48.0 Å². The van der Waals surface area contributed by atoms with Crippen molar-refractivity contribution in [1.82, 2.24) is 19.5 Å². The molecule has 0 radical (unpaired) electrons. The van der Waals surface area contributed by atoms with Crippen LogP contribution in [0.3, 0.4) is 0 Å². The highest BCUT2D eigenvalue weighted by Crippen LogP contribution is 2.31. The molecule has 0 atom stereocenters. The lowest BCUT2D eigenvalue weighted by Crippen LogP contribution is -2.30. The number of aromatic nitrogens is 4. The second kappa shape index (κ2) is 8.97. The van der Waals surface area contributed by atoms with Gasteiger partial charge >= 0.3 is 0 Å². The van der Waals surface area contributed by atoms with Crippen LogP contribution in [-0.2, 0) is 7.05 Å². The van der Waals surface area contributed by atoms with Crippen LogP contribution < -0.4 is 20.3 Å². The van der Waals surface area contributed by atoms with Gasteiger partial charge in [0.1, 0.15) is 5.75 Å². The molecule has 1 fully saturated rings. The van der Waals surface area contributed by atoms with E-state index in [2.05, 4.69) is 34.6 Å². The number of hydrogen-bond acceptors (Lipinski definition) is 7. The van der Waals surface area contributed by atoms with Crippen LogP contribution in [0.4, 0.5) is 29.1 Å². The van der Waals surface area contributed by atoms with Crippen molar-refractivity contribution in [3.8, 4) is 5.75 Å². The number of aryl methyl sites for hydroxylation is 2. The molecule has 0 spiro atoms. The van der Waals surface area contributed by atoms with Crippen molar-refractivity contribution in [2.24, 2.45) is 7.05 Å². The molecule has 0 saturated carbocycles. The average molecular weight is 444 g/mol. The van der Waals surface area contributed by atoms with Gasteiger partial charge in [-0.05, 0) is 68.1 Å². The summed E-state index contributed by atoms with van der Waals surface area (Å²) in [5, 5.41) is 6.80. The first-order valence-electron chi connectivity index (χ1n) is 11.3. The summed E-state index contributed by atoms with van der Waals surface area (Å²) in [4.78, 5) is 17.0. The Hall–Kier alpha value is -3.81. The highest BCUT2D eigenvalue weighted by atomic mass is 16.5. The monoisotopic (exact) mass is 443 g/mol. The summed E-state index contributed by atoms with van der Waals surface area (Å²) in [7, 11) is 3.65. The number of nitrogens with zero attached hydrogens (tertiary/aromatic N) is 5. The van der Waals surface area contributed by atoms with Gasteiger partial charge in [0.2, 0.25) is 11.9 Å². The largest absolute Gasteiger partial charge is 0.497 e. The summed E-state index contributed by atoms with van der Waals surface area (Å²) in [6, 6.07) is 16.0. The van der Waals surface area contributed by atoms with E-state index < -0.39 is 0 Å². The molecule has 5 rings (SSSR count). The van der Waals surface area contributed by atoms with Crippen LogP contribution in [0, 0.1) is 6.92 Å². The highest BCUT2D eigenvalue weighted by molar-refractivity contribution is 5.88. The van der Waals surface area contributed by atoms with Crippen molar-refractivity contribution in [3.05, 3.63) is 54.1 Å². The van der Waals surface area contributed by atoms with Gasteiger partial charge in [-0.25, -0.2) is 4.98 Å². The van der Waals surface area contributed by atoms with E-state index in [1.165, 1.54) is 12.0 Å². The first-order chi connectivity index (χ1) is 16.1. The number of hydrogen-bond donors (Lipinski definition) is 2. The Morgan fingerprint density at radius 1 is 0.879 bits per heavy atom. The maximum atomic E-state index is 5.27. The predicted molar refractivity (Wildman–Crippen MR) is 133 cm³/mol. The molecule has 1 aliphatic rings. The number of rotatable bonds is 6. The molecule has 4 aromatic rings. The normalized spacial score (nSPS) is 13.8. The molecular formula is C25H29N7O. The molecular weight excluding hydrogens is 414 g/mol. The lowest BCUT2D eigenvalue weighted by molar-refractivity contribution is 0.415. The molecule has 0 amide bonds. The summed E-state index contributed by atoms with van der Waals surface area (Å²) in [5.41, 5.74) is 4.70. The van der Waals surface area contributed by atoms with E-state index in [1.54, 1.807) is 7.11 Å². The Morgan fingerprint density at radius 3 is 2.39 bits per heavy atom. The van der Waals surface area contributed by atoms with Crippen LogP contribution in [0.1, 0.15) is 24.8 Å². The molecule has 0 aliphatic carbocycles. The molecule has 8 nitrogen and oxygen atoms in total. The van der Waals surface area contributed by atoms with E-state index in [0.717, 1.165) is 66.0 Å². The molecule has 8 heteroatoms. The third kappa shape index (κ3) is 4.41. The standard InChI is InChI=1S/C25H29N7O/c1-17-8-7-9-19(16-17)27-25-28-21-22(31(25)2)29-24(26-18-10-12-20(33-3)13-11-18)30-23(21)32-14-5-4-6-15-32/h7-13,16H,4-6,14-15H2,1-3H3,(H,27,28)(H,26,29,30). The topological polar surface area (TPSA) is 80.1 Å². The summed E-state index contributed by atoms with van der Waals surface area (Å²) < 4.78 is 7.26. The van der Waals surface area contributed by atoms with Gasteiger partial charge < -0.3 is 20.3 Å².